The Labute approximate surface area is 75.5 Å². The highest BCUT2D eigenvalue weighted by Crippen LogP contribution is 2.38. The van der Waals surface area contributed by atoms with Crippen LogP contribution in [0.5, 0.6) is 0 Å². The van der Waals surface area contributed by atoms with E-state index < -0.39 is 0 Å². The van der Waals surface area contributed by atoms with Gasteiger partial charge in [-0.25, -0.2) is 0 Å². The van der Waals surface area contributed by atoms with Crippen molar-refractivity contribution in [2.45, 2.75) is 46.1 Å². The molecule has 66 valence electrons. The summed E-state index contributed by atoms with van der Waals surface area (Å²) in [6.07, 6.45) is 3.91. The van der Waals surface area contributed by atoms with Crippen LogP contribution in [0.4, 0.5) is 0 Å². The zero-order valence-electron chi connectivity index (χ0n) is 7.72. The molecular weight excluding hydrogens is 154 g/mol. The molecule has 2 unspecified atom stereocenters. The largest absolute Gasteiger partial charge is 0.264 e. The van der Waals surface area contributed by atoms with Crippen LogP contribution in [0, 0.1) is 11.3 Å². The molecule has 0 aromatic carbocycles. The topological polar surface area (TPSA) is 12.0 Å². The summed E-state index contributed by atoms with van der Waals surface area (Å²) in [6.45, 7) is 7.03. The van der Waals surface area contributed by atoms with Gasteiger partial charge in [-0.2, -0.15) is 0 Å². The molecule has 0 bridgehead atoms. The summed E-state index contributed by atoms with van der Waals surface area (Å²) in [7, 11) is 0. The van der Waals surface area contributed by atoms with Crippen LogP contribution in [0.15, 0.2) is 0 Å². The van der Waals surface area contributed by atoms with Crippen LogP contribution in [0.1, 0.15) is 40.0 Å². The van der Waals surface area contributed by atoms with E-state index in [1.807, 2.05) is 0 Å². The number of hydrogen-bond donors (Lipinski definition) is 2. The first-order chi connectivity index (χ1) is 5.03. The molecule has 1 N–H and O–H groups in total. The van der Waals surface area contributed by atoms with E-state index in [0.29, 0.717) is 11.5 Å². The van der Waals surface area contributed by atoms with E-state index in [-0.39, 0.29) is 0 Å². The molecule has 2 atom stereocenters. The Morgan fingerprint density at radius 3 is 2.45 bits per heavy atom. The lowest BCUT2D eigenvalue weighted by Gasteiger charge is -2.38. The first kappa shape index (κ1) is 9.40. The van der Waals surface area contributed by atoms with Gasteiger partial charge >= 0.3 is 0 Å². The van der Waals surface area contributed by atoms with Crippen molar-refractivity contribution in [1.82, 2.24) is 4.72 Å². The lowest BCUT2D eigenvalue weighted by molar-refractivity contribution is 0.164. The van der Waals surface area contributed by atoms with Crippen LogP contribution in [-0.4, -0.2) is 6.04 Å². The summed E-state index contributed by atoms with van der Waals surface area (Å²) in [5.74, 6) is 0.850. The number of nitrogens with one attached hydrogen (secondary N) is 1. The van der Waals surface area contributed by atoms with Crippen molar-refractivity contribution in [3.8, 4) is 0 Å². The molecule has 1 fully saturated rings. The molecule has 0 heterocycles. The SMILES string of the molecule is CC1CC(NS)CC(C)(C)C1. The third-order valence-corrected chi connectivity index (χ3v) is 2.93. The van der Waals surface area contributed by atoms with Crippen molar-refractivity contribution >= 4 is 12.8 Å². The number of rotatable bonds is 1. The van der Waals surface area contributed by atoms with E-state index in [2.05, 4.69) is 38.3 Å². The molecule has 0 amide bonds. The van der Waals surface area contributed by atoms with Crippen LogP contribution in [0.3, 0.4) is 0 Å². The predicted octanol–water partition coefficient (Wildman–Crippen LogP) is 2.64. The van der Waals surface area contributed by atoms with Gasteiger partial charge in [0.2, 0.25) is 0 Å². The standard InChI is InChI=1S/C9H19NS/c1-7-4-8(10-11)6-9(2,3)5-7/h7-8,10-11H,4-6H2,1-3H3. The molecule has 1 rings (SSSR count). The summed E-state index contributed by atoms with van der Waals surface area (Å²) in [5.41, 5.74) is 0.512. The lowest BCUT2D eigenvalue weighted by Crippen LogP contribution is -2.36. The van der Waals surface area contributed by atoms with Gasteiger partial charge in [-0.15, -0.1) is 0 Å². The van der Waals surface area contributed by atoms with Gasteiger partial charge in [-0.05, 0) is 30.6 Å². The highest BCUT2D eigenvalue weighted by atomic mass is 32.1. The van der Waals surface area contributed by atoms with Crippen molar-refractivity contribution in [2.24, 2.45) is 11.3 Å². The molecule has 1 saturated carbocycles. The van der Waals surface area contributed by atoms with Crippen LogP contribution < -0.4 is 4.72 Å². The fourth-order valence-electron chi connectivity index (χ4n) is 2.44. The van der Waals surface area contributed by atoms with E-state index in [9.17, 15) is 0 Å². The van der Waals surface area contributed by atoms with Gasteiger partial charge < -0.3 is 0 Å². The van der Waals surface area contributed by atoms with Crippen LogP contribution in [0.2, 0.25) is 0 Å². The van der Waals surface area contributed by atoms with Gasteiger partial charge in [0.15, 0.2) is 0 Å². The summed E-state index contributed by atoms with van der Waals surface area (Å²) >= 11 is 4.13. The van der Waals surface area contributed by atoms with Crippen molar-refractivity contribution in [2.75, 3.05) is 0 Å². The van der Waals surface area contributed by atoms with Crippen LogP contribution in [-0.2, 0) is 0 Å². The summed E-state index contributed by atoms with van der Waals surface area (Å²) in [4.78, 5) is 0. The highest BCUT2D eigenvalue weighted by Gasteiger charge is 2.31. The Morgan fingerprint density at radius 2 is 2.00 bits per heavy atom. The van der Waals surface area contributed by atoms with E-state index in [4.69, 9.17) is 0 Å². The normalized spacial score (nSPS) is 37.1. The summed E-state index contributed by atoms with van der Waals surface area (Å²) in [6, 6.07) is 0.622. The summed E-state index contributed by atoms with van der Waals surface area (Å²) < 4.78 is 3.08. The molecule has 0 aromatic rings. The van der Waals surface area contributed by atoms with Crippen molar-refractivity contribution in [3.05, 3.63) is 0 Å². The van der Waals surface area contributed by atoms with Gasteiger partial charge in [0, 0.05) is 6.04 Å². The number of thiol groups is 1. The first-order valence-electron chi connectivity index (χ1n) is 4.43. The van der Waals surface area contributed by atoms with Gasteiger partial charge in [0.25, 0.3) is 0 Å². The molecule has 1 nitrogen and oxygen atoms in total. The predicted molar refractivity (Wildman–Crippen MR) is 52.7 cm³/mol. The van der Waals surface area contributed by atoms with Gasteiger partial charge in [-0.1, -0.05) is 33.6 Å². The summed E-state index contributed by atoms with van der Waals surface area (Å²) in [5, 5.41) is 0. The van der Waals surface area contributed by atoms with Crippen LogP contribution >= 0.6 is 12.8 Å². The molecule has 0 spiro atoms. The Morgan fingerprint density at radius 1 is 1.36 bits per heavy atom. The lowest BCUT2D eigenvalue weighted by atomic mass is 9.71. The second-order valence-corrected chi connectivity index (χ2v) is 5.00. The maximum absolute atomic E-state index is 4.13. The Hall–Kier alpha value is 0.310. The van der Waals surface area contributed by atoms with E-state index in [0.717, 1.165) is 5.92 Å². The molecule has 0 aliphatic heterocycles. The van der Waals surface area contributed by atoms with Crippen molar-refractivity contribution in [3.63, 3.8) is 0 Å². The molecular formula is C9H19NS. The smallest absolute Gasteiger partial charge is 0.0177 e. The Kier molecular flexibility index (Phi) is 2.87. The van der Waals surface area contributed by atoms with E-state index in [1.165, 1.54) is 19.3 Å². The van der Waals surface area contributed by atoms with Gasteiger partial charge in [-0.3, -0.25) is 4.72 Å². The average molecular weight is 173 g/mol. The zero-order valence-corrected chi connectivity index (χ0v) is 8.62. The minimum absolute atomic E-state index is 0.512. The molecule has 0 radical (unpaired) electrons. The number of hydrogen-bond acceptors (Lipinski definition) is 2. The molecule has 11 heavy (non-hydrogen) atoms. The first-order valence-corrected chi connectivity index (χ1v) is 4.88. The van der Waals surface area contributed by atoms with Crippen LogP contribution in [0.25, 0.3) is 0 Å². The van der Waals surface area contributed by atoms with E-state index in [1.54, 1.807) is 0 Å². The zero-order chi connectivity index (χ0) is 8.48. The quantitative estimate of drug-likeness (QED) is 0.581. The molecule has 2 heteroatoms. The fourth-order valence-corrected chi connectivity index (χ4v) is 2.64. The average Bonchev–Trinajstić information content (AvgIpc) is 1.83. The second-order valence-electron chi connectivity index (χ2n) is 4.74. The van der Waals surface area contributed by atoms with E-state index >= 15 is 0 Å². The van der Waals surface area contributed by atoms with Gasteiger partial charge in [0.1, 0.15) is 0 Å². The molecule has 0 aromatic heterocycles. The monoisotopic (exact) mass is 173 g/mol. The van der Waals surface area contributed by atoms with Gasteiger partial charge in [0.05, 0.1) is 0 Å². The second kappa shape index (κ2) is 3.36. The molecule has 1 aliphatic carbocycles. The maximum Gasteiger partial charge on any atom is 0.0177 e. The van der Waals surface area contributed by atoms with Crippen molar-refractivity contribution < 1.29 is 0 Å². The minimum atomic E-state index is 0.512. The fraction of sp³-hybridized carbons (Fsp3) is 1.00. The molecule has 1 aliphatic rings. The third-order valence-electron chi connectivity index (χ3n) is 2.57. The highest BCUT2D eigenvalue weighted by molar-refractivity contribution is 7.78. The Balaban J connectivity index is 2.51. The Bertz CT molecular complexity index is 134. The minimum Gasteiger partial charge on any atom is -0.264 e. The third kappa shape index (κ3) is 2.68. The van der Waals surface area contributed by atoms with Crippen molar-refractivity contribution in [1.29, 1.82) is 0 Å². The maximum atomic E-state index is 4.13. The molecule has 0 saturated heterocycles.